The normalized spacial score (nSPS) is 13.0. The highest BCUT2D eigenvalue weighted by atomic mass is 31.2. The number of carbonyl (C=O) groups excluding carboxylic acids is 6. The van der Waals surface area contributed by atoms with Crippen LogP contribution in [0.4, 0.5) is 4.39 Å². The molecule has 0 saturated carbocycles. The third-order valence-corrected chi connectivity index (χ3v) is 12.5. The Morgan fingerprint density at radius 3 is 1.44 bits per heavy atom. The third kappa shape index (κ3) is 19.4. The van der Waals surface area contributed by atoms with Gasteiger partial charge in [0.15, 0.2) is 11.8 Å². The fraction of sp³-hybridized carbons (Fsp3) is 0.255. The van der Waals surface area contributed by atoms with Gasteiger partial charge in [0.2, 0.25) is 11.9 Å². The van der Waals surface area contributed by atoms with Crippen LogP contribution < -0.4 is 10.4 Å². The Morgan fingerprint density at radius 1 is 0.507 bits per heavy atom. The topological polar surface area (TPSA) is 212 Å². The molecule has 2 N–H and O–H groups in total. The van der Waals surface area contributed by atoms with Crippen LogP contribution in [0.3, 0.4) is 0 Å². The standard InChI is InChI=1S/C55H55FN3O13P/c56-50-29-26-46(33-57-50)49(60)32-45(53(63)68-35-41-18-8-2-9-19-41)27-30-51(61)58-48(55(65)70-37-43-22-12-4-13-23-43)39-72-73(66,71-38-44-24-14-5-15-25-44)59-47(54(64)69-36-42-20-10-3-11-21-42)28-31-52(62)67-34-40-16-6-1-7-17-40/h1-26,29,33,45,47-48H,27-28,30-32,34-39H2,(H,58,61)(H,59,66). The number of aromatic nitrogens is 1. The highest BCUT2D eigenvalue weighted by Gasteiger charge is 2.36. The summed E-state index contributed by atoms with van der Waals surface area (Å²) in [7, 11) is -4.74. The zero-order valence-electron chi connectivity index (χ0n) is 39.8. The average molecular weight is 1020 g/mol. The van der Waals surface area contributed by atoms with Crippen molar-refractivity contribution in [2.45, 2.75) is 77.2 Å². The second-order valence-electron chi connectivity index (χ2n) is 16.6. The van der Waals surface area contributed by atoms with Gasteiger partial charge in [-0.1, -0.05) is 152 Å². The maximum Gasteiger partial charge on any atom is 0.406 e. The van der Waals surface area contributed by atoms with Crippen LogP contribution in [-0.4, -0.2) is 59.2 Å². The lowest BCUT2D eigenvalue weighted by molar-refractivity contribution is -0.151. The van der Waals surface area contributed by atoms with E-state index >= 15 is 0 Å². The van der Waals surface area contributed by atoms with Gasteiger partial charge in [0.05, 0.1) is 19.1 Å². The van der Waals surface area contributed by atoms with Crippen molar-refractivity contribution in [1.82, 2.24) is 15.4 Å². The highest BCUT2D eigenvalue weighted by Crippen LogP contribution is 2.46. The molecule has 1 amide bonds. The van der Waals surface area contributed by atoms with Crippen molar-refractivity contribution in [3.63, 3.8) is 0 Å². The van der Waals surface area contributed by atoms with Crippen LogP contribution in [0.15, 0.2) is 170 Å². The van der Waals surface area contributed by atoms with Gasteiger partial charge in [0, 0.05) is 31.0 Å². The number of nitrogens with zero attached hydrogens (tertiary/aromatic N) is 1. The Hall–Kier alpha value is -7.69. The van der Waals surface area contributed by atoms with E-state index in [1.807, 2.05) is 6.07 Å². The predicted octanol–water partition coefficient (Wildman–Crippen LogP) is 8.73. The number of amides is 1. The van der Waals surface area contributed by atoms with Crippen LogP contribution in [0, 0.1) is 11.9 Å². The highest BCUT2D eigenvalue weighted by molar-refractivity contribution is 7.51. The van der Waals surface area contributed by atoms with Crippen LogP contribution in [0.2, 0.25) is 0 Å². The molecule has 5 aromatic carbocycles. The smallest absolute Gasteiger partial charge is 0.406 e. The number of halogens is 1. The maximum atomic E-state index is 15.0. The lowest BCUT2D eigenvalue weighted by Gasteiger charge is -2.26. The molecule has 0 aliphatic heterocycles. The monoisotopic (exact) mass is 1020 g/mol. The first kappa shape index (κ1) is 54.6. The molecule has 0 aliphatic rings. The van der Waals surface area contributed by atoms with Gasteiger partial charge in [-0.3, -0.25) is 33.0 Å². The number of Topliss-reactive ketones (excluding diaryl/α,β-unsaturated/α-hetero) is 1. The van der Waals surface area contributed by atoms with E-state index in [4.69, 9.17) is 28.0 Å². The molecule has 18 heteroatoms. The van der Waals surface area contributed by atoms with Gasteiger partial charge in [0.25, 0.3) is 0 Å². The number of benzene rings is 5. The van der Waals surface area contributed by atoms with E-state index in [9.17, 15) is 37.7 Å². The lowest BCUT2D eigenvalue weighted by atomic mass is 9.94. The summed E-state index contributed by atoms with van der Waals surface area (Å²) in [5.74, 6) is -6.71. The number of nitrogens with one attached hydrogen (secondary N) is 2. The molecule has 0 radical (unpaired) electrons. The van der Waals surface area contributed by atoms with E-state index in [0.29, 0.717) is 22.3 Å². The van der Waals surface area contributed by atoms with Gasteiger partial charge in [-0.15, -0.1) is 0 Å². The summed E-state index contributed by atoms with van der Waals surface area (Å²) in [5.41, 5.74) is 3.26. The fourth-order valence-electron chi connectivity index (χ4n) is 6.95. The zero-order chi connectivity index (χ0) is 51.7. The van der Waals surface area contributed by atoms with E-state index in [1.54, 1.807) is 146 Å². The molecule has 0 aliphatic carbocycles. The van der Waals surface area contributed by atoms with Gasteiger partial charge < -0.3 is 24.3 Å². The Bertz CT molecular complexity index is 2740. The average Bonchev–Trinajstić information content (AvgIpc) is 3.42. The molecular weight excluding hydrogens is 961 g/mol. The van der Waals surface area contributed by atoms with Crippen molar-refractivity contribution in [2.75, 3.05) is 6.61 Å². The number of carbonyl (C=O) groups is 6. The van der Waals surface area contributed by atoms with E-state index in [-0.39, 0.29) is 57.9 Å². The Morgan fingerprint density at radius 2 is 0.959 bits per heavy atom. The number of ketones is 1. The molecule has 0 bridgehead atoms. The number of hydrogen-bond acceptors (Lipinski definition) is 14. The summed E-state index contributed by atoms with van der Waals surface area (Å²) in [5, 5.41) is 5.18. The molecule has 1 aromatic heterocycles. The van der Waals surface area contributed by atoms with Crippen molar-refractivity contribution in [3.05, 3.63) is 209 Å². The maximum absolute atomic E-state index is 15.0. The molecule has 73 heavy (non-hydrogen) atoms. The molecule has 0 saturated heterocycles. The van der Waals surface area contributed by atoms with Gasteiger partial charge in [-0.25, -0.2) is 19.4 Å². The van der Waals surface area contributed by atoms with Gasteiger partial charge in [-0.05, 0) is 52.8 Å². The third-order valence-electron chi connectivity index (χ3n) is 11.0. The minimum atomic E-state index is -4.74. The summed E-state index contributed by atoms with van der Waals surface area (Å²) in [4.78, 5) is 84.9. The van der Waals surface area contributed by atoms with E-state index in [0.717, 1.165) is 17.8 Å². The summed E-state index contributed by atoms with van der Waals surface area (Å²) in [6.07, 6.45) is -0.686. The van der Waals surface area contributed by atoms with Crippen LogP contribution in [0.1, 0.15) is 70.3 Å². The van der Waals surface area contributed by atoms with Crippen molar-refractivity contribution in [1.29, 1.82) is 0 Å². The lowest BCUT2D eigenvalue weighted by Crippen LogP contribution is -2.45. The van der Waals surface area contributed by atoms with E-state index in [1.165, 1.54) is 6.07 Å². The van der Waals surface area contributed by atoms with E-state index < -0.39 is 86.7 Å². The summed E-state index contributed by atoms with van der Waals surface area (Å²) >= 11 is 0. The van der Waals surface area contributed by atoms with Gasteiger partial charge >= 0.3 is 31.6 Å². The van der Waals surface area contributed by atoms with Gasteiger partial charge in [0.1, 0.15) is 32.5 Å². The zero-order valence-corrected chi connectivity index (χ0v) is 40.7. The number of esters is 4. The number of rotatable bonds is 29. The first-order valence-corrected chi connectivity index (χ1v) is 24.9. The summed E-state index contributed by atoms with van der Waals surface area (Å²) in [6.45, 7) is -1.71. The molecule has 380 valence electrons. The second-order valence-corrected chi connectivity index (χ2v) is 18.3. The van der Waals surface area contributed by atoms with Gasteiger partial charge in [-0.2, -0.15) is 4.39 Å². The quantitative estimate of drug-likeness (QED) is 0.0148. The van der Waals surface area contributed by atoms with Crippen molar-refractivity contribution < 1.29 is 65.7 Å². The Labute approximate surface area is 422 Å². The molecule has 16 nitrogen and oxygen atoms in total. The largest absolute Gasteiger partial charge is 0.461 e. The predicted molar refractivity (Wildman–Crippen MR) is 264 cm³/mol. The molecule has 1 heterocycles. The summed E-state index contributed by atoms with van der Waals surface area (Å²) < 4.78 is 62.6. The first-order valence-electron chi connectivity index (χ1n) is 23.4. The molecular formula is C55H55FN3O13P. The van der Waals surface area contributed by atoms with Crippen molar-refractivity contribution >= 4 is 43.3 Å². The summed E-state index contributed by atoms with van der Waals surface area (Å²) in [6, 6.07) is 42.9. The Kier molecular flexibility index (Phi) is 21.7. The van der Waals surface area contributed by atoms with Crippen molar-refractivity contribution in [3.8, 4) is 0 Å². The SMILES string of the molecule is O=C(CCC(CC(=O)c1ccc(F)nc1)C(=O)OCc1ccccc1)NC(COP(=O)(NC(CCC(=O)OCc1ccccc1)C(=O)OCc1ccccc1)OCc1ccccc1)C(=O)OCc1ccccc1. The van der Waals surface area contributed by atoms with Crippen LogP contribution in [0.25, 0.3) is 0 Å². The molecule has 6 aromatic rings. The number of ether oxygens (including phenoxy) is 4. The number of hydrogen-bond donors (Lipinski definition) is 2. The van der Waals surface area contributed by atoms with E-state index in [2.05, 4.69) is 15.4 Å². The second kappa shape index (κ2) is 29.0. The molecule has 4 unspecified atom stereocenters. The number of pyridine rings is 1. The molecule has 0 spiro atoms. The van der Waals surface area contributed by atoms with Crippen LogP contribution in [0.5, 0.6) is 0 Å². The minimum Gasteiger partial charge on any atom is -0.461 e. The molecule has 6 rings (SSSR count). The van der Waals surface area contributed by atoms with Crippen LogP contribution in [-0.2, 0) is 89.6 Å². The van der Waals surface area contributed by atoms with Crippen LogP contribution >= 0.6 is 7.75 Å². The molecule has 0 fully saturated rings. The van der Waals surface area contributed by atoms with Crippen molar-refractivity contribution in [2.24, 2.45) is 5.92 Å². The molecule has 4 atom stereocenters. The minimum absolute atomic E-state index is 0.0314. The fourth-order valence-corrected chi connectivity index (χ4v) is 8.45. The first-order chi connectivity index (χ1) is 35.4. The Balaban J connectivity index is 1.20.